The Labute approximate surface area is 234 Å². The molecule has 3 aromatic rings. The zero-order chi connectivity index (χ0) is 28.6. The summed E-state index contributed by atoms with van der Waals surface area (Å²) >= 11 is 6.37. The summed E-state index contributed by atoms with van der Waals surface area (Å²) in [7, 11) is 6.75. The van der Waals surface area contributed by atoms with Gasteiger partial charge in [-0.2, -0.15) is 0 Å². The lowest BCUT2D eigenvalue weighted by Gasteiger charge is -2.27. The molecule has 0 aromatic heterocycles. The van der Waals surface area contributed by atoms with E-state index in [4.69, 9.17) is 21.1 Å². The molecule has 204 valence electrons. The van der Waals surface area contributed by atoms with Crippen LogP contribution >= 0.6 is 11.6 Å². The van der Waals surface area contributed by atoms with Crippen LogP contribution in [0.2, 0.25) is 5.02 Å². The van der Waals surface area contributed by atoms with E-state index >= 15 is 0 Å². The summed E-state index contributed by atoms with van der Waals surface area (Å²) in [6.07, 6.45) is 0. The number of methoxy groups -OCH3 is 2. The maximum absolute atomic E-state index is 13.6. The van der Waals surface area contributed by atoms with Crippen LogP contribution in [0.15, 0.2) is 66.2 Å². The molecule has 1 N–H and O–H groups in total. The van der Waals surface area contributed by atoms with Crippen molar-refractivity contribution in [3.63, 3.8) is 0 Å². The summed E-state index contributed by atoms with van der Waals surface area (Å²) in [6, 6.07) is 17.2. The summed E-state index contributed by atoms with van der Waals surface area (Å²) in [5.74, 6) is -1.33. The van der Waals surface area contributed by atoms with Crippen molar-refractivity contribution in [2.24, 2.45) is 0 Å². The Kier molecular flexibility index (Phi) is 7.66. The third-order valence-corrected chi connectivity index (χ3v) is 7.21. The first-order valence-electron chi connectivity index (χ1n) is 12.5. The zero-order valence-electron chi connectivity index (χ0n) is 23.2. The number of aliphatic hydroxyl groups is 1. The maximum atomic E-state index is 13.6. The molecule has 8 heteroatoms. The van der Waals surface area contributed by atoms with E-state index in [1.54, 1.807) is 12.1 Å². The number of ether oxygens (including phenoxy) is 2. The van der Waals surface area contributed by atoms with Crippen LogP contribution in [0.1, 0.15) is 43.5 Å². The topological polar surface area (TPSA) is 79.3 Å². The number of ketones is 1. The van der Waals surface area contributed by atoms with Crippen molar-refractivity contribution in [2.75, 3.05) is 38.1 Å². The first-order valence-corrected chi connectivity index (χ1v) is 12.9. The summed E-state index contributed by atoms with van der Waals surface area (Å²) in [5.41, 5.74) is 3.29. The summed E-state index contributed by atoms with van der Waals surface area (Å²) in [6.45, 7) is 6.33. The quantitative estimate of drug-likeness (QED) is 0.220. The fourth-order valence-electron chi connectivity index (χ4n) is 4.68. The fraction of sp³-hybridized carbons (Fsp3) is 0.290. The zero-order valence-corrected chi connectivity index (χ0v) is 24.0. The van der Waals surface area contributed by atoms with Crippen LogP contribution in [-0.4, -0.2) is 45.1 Å². The highest BCUT2D eigenvalue weighted by Crippen LogP contribution is 2.45. The van der Waals surface area contributed by atoms with Gasteiger partial charge in [-0.1, -0.05) is 56.6 Å². The minimum atomic E-state index is -0.880. The molecule has 1 unspecified atom stereocenters. The normalized spacial score (nSPS) is 16.9. The molecule has 0 bridgehead atoms. The Morgan fingerprint density at radius 2 is 1.51 bits per heavy atom. The van der Waals surface area contributed by atoms with Crippen LogP contribution in [0, 0.1) is 0 Å². The Hall–Kier alpha value is -3.97. The molecule has 1 aliphatic heterocycles. The number of anilines is 2. The van der Waals surface area contributed by atoms with Crippen molar-refractivity contribution in [3.8, 4) is 11.5 Å². The molecule has 1 heterocycles. The number of carbonyl (C=O) groups is 2. The number of halogens is 1. The molecule has 1 aliphatic rings. The summed E-state index contributed by atoms with van der Waals surface area (Å²) < 4.78 is 10.8. The number of amides is 1. The third kappa shape index (κ3) is 5.19. The predicted molar refractivity (Wildman–Crippen MR) is 155 cm³/mol. The minimum Gasteiger partial charge on any atom is -0.507 e. The standard InChI is InChI=1S/C31H33ClN2O5/c1-31(2,3)19-10-8-18(9-11-19)27-26(28(35)22-16-23(32)25(39-7)17-24(22)38-6)29(36)30(37)34(27)21-14-12-20(13-15-21)33(4)5/h8-17,27,35H,1-7H3/b28-26+. The number of carbonyl (C=O) groups excluding carboxylic acids is 2. The van der Waals surface area contributed by atoms with E-state index in [-0.39, 0.29) is 33.1 Å². The van der Waals surface area contributed by atoms with Gasteiger partial charge in [0.05, 0.1) is 36.4 Å². The number of benzene rings is 3. The highest BCUT2D eigenvalue weighted by Gasteiger charge is 2.47. The molecule has 4 rings (SSSR count). The van der Waals surface area contributed by atoms with Crippen molar-refractivity contribution in [3.05, 3.63) is 87.9 Å². The lowest BCUT2D eigenvalue weighted by atomic mass is 9.85. The van der Waals surface area contributed by atoms with Crippen molar-refractivity contribution in [1.82, 2.24) is 0 Å². The van der Waals surface area contributed by atoms with Gasteiger partial charge in [0, 0.05) is 31.5 Å². The highest BCUT2D eigenvalue weighted by atomic mass is 35.5. The smallest absolute Gasteiger partial charge is 0.300 e. The Bertz CT molecular complexity index is 1440. The molecule has 3 aromatic carbocycles. The molecule has 39 heavy (non-hydrogen) atoms. The van der Waals surface area contributed by atoms with Crippen molar-refractivity contribution >= 4 is 40.4 Å². The fourth-order valence-corrected chi connectivity index (χ4v) is 4.92. The number of aliphatic hydroxyl groups excluding tert-OH is 1. The van der Waals surface area contributed by atoms with Crippen LogP contribution in [0.25, 0.3) is 5.76 Å². The van der Waals surface area contributed by atoms with E-state index in [2.05, 4.69) is 20.8 Å². The Morgan fingerprint density at radius 3 is 2.03 bits per heavy atom. The average Bonchev–Trinajstić information content (AvgIpc) is 3.17. The van der Waals surface area contributed by atoms with Crippen molar-refractivity contribution in [2.45, 2.75) is 32.2 Å². The predicted octanol–water partition coefficient (Wildman–Crippen LogP) is 6.35. The van der Waals surface area contributed by atoms with Gasteiger partial charge in [-0.05, 0) is 46.9 Å². The number of Topliss-reactive ketones (excluding diaryl/α,β-unsaturated/α-hetero) is 1. The van der Waals surface area contributed by atoms with Crippen LogP contribution in [0.5, 0.6) is 11.5 Å². The van der Waals surface area contributed by atoms with Crippen LogP contribution in [-0.2, 0) is 15.0 Å². The number of hydrogen-bond acceptors (Lipinski definition) is 6. The maximum Gasteiger partial charge on any atom is 0.300 e. The summed E-state index contributed by atoms with van der Waals surface area (Å²) in [5, 5.41) is 11.8. The molecular weight excluding hydrogens is 516 g/mol. The van der Waals surface area contributed by atoms with Crippen LogP contribution in [0.3, 0.4) is 0 Å². The molecule has 1 saturated heterocycles. The average molecular weight is 549 g/mol. The van der Waals surface area contributed by atoms with Gasteiger partial charge < -0.3 is 19.5 Å². The molecule has 1 amide bonds. The number of hydrogen-bond donors (Lipinski definition) is 1. The van der Waals surface area contributed by atoms with Gasteiger partial charge in [-0.3, -0.25) is 14.5 Å². The second-order valence-electron chi connectivity index (χ2n) is 10.6. The van der Waals surface area contributed by atoms with Gasteiger partial charge in [0.25, 0.3) is 11.7 Å². The molecule has 1 atom stereocenters. The van der Waals surface area contributed by atoms with E-state index in [0.717, 1.165) is 11.3 Å². The van der Waals surface area contributed by atoms with Gasteiger partial charge in [0.2, 0.25) is 0 Å². The molecule has 0 radical (unpaired) electrons. The SMILES string of the molecule is COc1cc(OC)c(/C(O)=C2\C(=O)C(=O)N(c3ccc(N(C)C)cc3)C2c2ccc(C(C)(C)C)cc2)cc1Cl. The van der Waals surface area contributed by atoms with Crippen molar-refractivity contribution in [1.29, 1.82) is 0 Å². The first-order chi connectivity index (χ1) is 18.4. The molecule has 7 nitrogen and oxygen atoms in total. The number of rotatable bonds is 6. The molecule has 0 saturated carbocycles. The number of nitrogens with zero attached hydrogens (tertiary/aromatic N) is 2. The second-order valence-corrected chi connectivity index (χ2v) is 11.0. The molecular formula is C31H33ClN2O5. The highest BCUT2D eigenvalue weighted by molar-refractivity contribution is 6.51. The molecule has 0 spiro atoms. The third-order valence-electron chi connectivity index (χ3n) is 6.91. The van der Waals surface area contributed by atoms with E-state index in [1.807, 2.05) is 55.4 Å². The minimum absolute atomic E-state index is 0.0558. The molecule has 0 aliphatic carbocycles. The lowest BCUT2D eigenvalue weighted by Crippen LogP contribution is -2.29. The van der Waals surface area contributed by atoms with Crippen LogP contribution < -0.4 is 19.3 Å². The van der Waals surface area contributed by atoms with E-state index in [1.165, 1.54) is 31.3 Å². The van der Waals surface area contributed by atoms with Gasteiger partial charge in [-0.25, -0.2) is 0 Å². The van der Waals surface area contributed by atoms with E-state index < -0.39 is 17.7 Å². The van der Waals surface area contributed by atoms with E-state index in [0.29, 0.717) is 17.0 Å². The second kappa shape index (κ2) is 10.7. The van der Waals surface area contributed by atoms with Gasteiger partial charge in [-0.15, -0.1) is 0 Å². The lowest BCUT2D eigenvalue weighted by molar-refractivity contribution is -0.132. The van der Waals surface area contributed by atoms with Gasteiger partial charge >= 0.3 is 0 Å². The summed E-state index contributed by atoms with van der Waals surface area (Å²) in [4.78, 5) is 30.5. The Morgan fingerprint density at radius 1 is 0.923 bits per heavy atom. The monoisotopic (exact) mass is 548 g/mol. The first kappa shape index (κ1) is 28.0. The van der Waals surface area contributed by atoms with Gasteiger partial charge in [0.1, 0.15) is 17.3 Å². The molecule has 1 fully saturated rings. The van der Waals surface area contributed by atoms with Crippen LogP contribution in [0.4, 0.5) is 11.4 Å². The largest absolute Gasteiger partial charge is 0.507 e. The van der Waals surface area contributed by atoms with Crippen molar-refractivity contribution < 1.29 is 24.2 Å². The van der Waals surface area contributed by atoms with E-state index in [9.17, 15) is 14.7 Å². The Balaban J connectivity index is 1.96. The van der Waals surface area contributed by atoms with Gasteiger partial charge in [0.15, 0.2) is 0 Å².